The van der Waals surface area contributed by atoms with Crippen LogP contribution in [0.15, 0.2) is 4.52 Å². The Hall–Kier alpha value is -0.940. The smallest absolute Gasteiger partial charge is 0.229 e. The van der Waals surface area contributed by atoms with Crippen molar-refractivity contribution in [2.45, 2.75) is 38.6 Å². The lowest BCUT2D eigenvalue weighted by Crippen LogP contribution is -2.53. The van der Waals surface area contributed by atoms with Gasteiger partial charge in [-0.2, -0.15) is 4.98 Å². The van der Waals surface area contributed by atoms with E-state index in [-0.39, 0.29) is 5.92 Å². The Kier molecular flexibility index (Phi) is 2.99. The fourth-order valence-electron chi connectivity index (χ4n) is 2.03. The molecule has 1 fully saturated rings. The molecule has 5 nitrogen and oxygen atoms in total. The summed E-state index contributed by atoms with van der Waals surface area (Å²) in [7, 11) is 0. The predicted molar refractivity (Wildman–Crippen MR) is 60.9 cm³/mol. The van der Waals surface area contributed by atoms with Gasteiger partial charge in [-0.05, 0) is 25.4 Å². The Morgan fingerprint density at radius 1 is 1.56 bits per heavy atom. The zero-order valence-corrected chi connectivity index (χ0v) is 10.2. The minimum Gasteiger partial charge on any atom is -0.339 e. The Morgan fingerprint density at radius 3 is 2.88 bits per heavy atom. The van der Waals surface area contributed by atoms with E-state index in [2.05, 4.69) is 22.4 Å². The van der Waals surface area contributed by atoms with Crippen molar-refractivity contribution < 1.29 is 4.52 Å². The van der Waals surface area contributed by atoms with E-state index in [4.69, 9.17) is 10.3 Å². The van der Waals surface area contributed by atoms with Crippen molar-refractivity contribution in [2.75, 3.05) is 13.1 Å². The molecule has 2 unspecified atom stereocenters. The number of nitrogens with two attached hydrogens (primary N) is 1. The molecule has 1 aromatic rings. The van der Waals surface area contributed by atoms with Crippen LogP contribution in [0.25, 0.3) is 0 Å². The monoisotopic (exact) mass is 224 g/mol. The fourth-order valence-corrected chi connectivity index (χ4v) is 2.03. The van der Waals surface area contributed by atoms with E-state index in [1.165, 1.54) is 0 Å². The summed E-state index contributed by atoms with van der Waals surface area (Å²) in [5, 5.41) is 7.37. The van der Waals surface area contributed by atoms with E-state index in [0.29, 0.717) is 17.6 Å². The normalized spacial score (nSPS) is 30.9. The van der Waals surface area contributed by atoms with Crippen molar-refractivity contribution >= 4 is 0 Å². The number of nitrogens with zero attached hydrogens (tertiary/aromatic N) is 2. The van der Waals surface area contributed by atoms with Gasteiger partial charge in [-0.25, -0.2) is 0 Å². The predicted octanol–water partition coefficient (Wildman–Crippen LogP) is 0.976. The molecular formula is C11H20N4O. The van der Waals surface area contributed by atoms with Crippen molar-refractivity contribution in [1.29, 1.82) is 0 Å². The molecule has 2 heterocycles. The van der Waals surface area contributed by atoms with Crippen LogP contribution >= 0.6 is 0 Å². The lowest BCUT2D eigenvalue weighted by molar-refractivity contribution is 0.204. The molecule has 0 radical (unpaired) electrons. The van der Waals surface area contributed by atoms with Gasteiger partial charge in [0.2, 0.25) is 5.89 Å². The molecule has 0 aliphatic carbocycles. The molecule has 0 spiro atoms. The molecule has 5 heteroatoms. The van der Waals surface area contributed by atoms with E-state index in [9.17, 15) is 0 Å². The van der Waals surface area contributed by atoms with Crippen molar-refractivity contribution in [1.82, 2.24) is 15.5 Å². The van der Waals surface area contributed by atoms with Crippen LogP contribution in [0.5, 0.6) is 0 Å². The van der Waals surface area contributed by atoms with Gasteiger partial charge in [0.25, 0.3) is 0 Å². The first-order valence-electron chi connectivity index (χ1n) is 5.87. The fraction of sp³-hybridized carbons (Fsp3) is 0.818. The van der Waals surface area contributed by atoms with E-state index >= 15 is 0 Å². The van der Waals surface area contributed by atoms with Gasteiger partial charge >= 0.3 is 0 Å². The van der Waals surface area contributed by atoms with Crippen LogP contribution in [0.2, 0.25) is 0 Å². The quantitative estimate of drug-likeness (QED) is 0.783. The number of aromatic nitrogens is 2. The summed E-state index contributed by atoms with van der Waals surface area (Å²) in [4.78, 5) is 4.43. The van der Waals surface area contributed by atoms with E-state index in [0.717, 1.165) is 19.5 Å². The standard InChI is InChI=1S/C11H20N4O/c1-7(2)9-14-10(15-16-9)11(12)4-5-13-6-8(11)3/h7-8,13H,4-6,12H2,1-3H3. The highest BCUT2D eigenvalue weighted by Gasteiger charge is 2.40. The van der Waals surface area contributed by atoms with Gasteiger partial charge in [-0.1, -0.05) is 25.9 Å². The van der Waals surface area contributed by atoms with Crippen molar-refractivity contribution in [3.63, 3.8) is 0 Å². The molecule has 2 atom stereocenters. The topological polar surface area (TPSA) is 77.0 Å². The van der Waals surface area contributed by atoms with Crippen molar-refractivity contribution in [3.05, 3.63) is 11.7 Å². The molecule has 1 saturated heterocycles. The lowest BCUT2D eigenvalue weighted by Gasteiger charge is -2.37. The maximum Gasteiger partial charge on any atom is 0.229 e. The number of rotatable bonds is 2. The van der Waals surface area contributed by atoms with Gasteiger partial charge in [-0.15, -0.1) is 0 Å². The van der Waals surface area contributed by atoms with Crippen LogP contribution in [-0.4, -0.2) is 23.2 Å². The van der Waals surface area contributed by atoms with Crippen molar-refractivity contribution in [3.8, 4) is 0 Å². The Balaban J connectivity index is 2.27. The minimum absolute atomic E-state index is 0.252. The number of piperidine rings is 1. The SMILES string of the molecule is CC(C)c1nc(C2(N)CCNCC2C)no1. The number of nitrogens with one attached hydrogen (secondary N) is 1. The summed E-state index contributed by atoms with van der Waals surface area (Å²) in [5.41, 5.74) is 5.97. The molecule has 0 aromatic carbocycles. The van der Waals surface area contributed by atoms with Gasteiger partial charge in [0.05, 0.1) is 5.54 Å². The molecule has 1 aliphatic rings. The van der Waals surface area contributed by atoms with Crippen LogP contribution in [0.4, 0.5) is 0 Å². The molecule has 3 N–H and O–H groups in total. The molecule has 1 aromatic heterocycles. The third kappa shape index (κ3) is 1.85. The summed E-state index contributed by atoms with van der Waals surface area (Å²) in [5.74, 6) is 1.90. The number of hydrogen-bond donors (Lipinski definition) is 2. The molecule has 16 heavy (non-hydrogen) atoms. The summed E-state index contributed by atoms with van der Waals surface area (Å²) in [6.07, 6.45) is 0.852. The highest BCUT2D eigenvalue weighted by atomic mass is 16.5. The first kappa shape index (κ1) is 11.5. The van der Waals surface area contributed by atoms with Gasteiger partial charge in [0.1, 0.15) is 0 Å². The molecular weight excluding hydrogens is 204 g/mol. The third-order valence-corrected chi connectivity index (χ3v) is 3.40. The van der Waals surface area contributed by atoms with Crippen LogP contribution in [0, 0.1) is 5.92 Å². The van der Waals surface area contributed by atoms with Crippen LogP contribution in [-0.2, 0) is 5.54 Å². The molecule has 0 amide bonds. The molecule has 0 bridgehead atoms. The Morgan fingerprint density at radius 2 is 2.31 bits per heavy atom. The zero-order valence-electron chi connectivity index (χ0n) is 10.2. The highest BCUT2D eigenvalue weighted by Crippen LogP contribution is 2.31. The van der Waals surface area contributed by atoms with Crippen molar-refractivity contribution in [2.24, 2.45) is 11.7 Å². The van der Waals surface area contributed by atoms with E-state index < -0.39 is 5.54 Å². The summed E-state index contributed by atoms with van der Waals surface area (Å²) < 4.78 is 5.23. The molecule has 0 saturated carbocycles. The largest absolute Gasteiger partial charge is 0.339 e. The molecule has 90 valence electrons. The average Bonchev–Trinajstić information content (AvgIpc) is 2.72. The maximum atomic E-state index is 6.41. The van der Waals surface area contributed by atoms with Crippen LogP contribution < -0.4 is 11.1 Å². The molecule has 2 rings (SSSR count). The van der Waals surface area contributed by atoms with Crippen LogP contribution in [0.3, 0.4) is 0 Å². The zero-order chi connectivity index (χ0) is 11.8. The van der Waals surface area contributed by atoms with Crippen LogP contribution in [0.1, 0.15) is 44.8 Å². The summed E-state index contributed by atoms with van der Waals surface area (Å²) >= 11 is 0. The molecule has 1 aliphatic heterocycles. The average molecular weight is 224 g/mol. The second-order valence-electron chi connectivity index (χ2n) is 5.01. The first-order valence-corrected chi connectivity index (χ1v) is 5.87. The second kappa shape index (κ2) is 4.14. The second-order valence-corrected chi connectivity index (χ2v) is 5.01. The first-order chi connectivity index (χ1) is 7.54. The van der Waals surface area contributed by atoms with Gasteiger partial charge in [0.15, 0.2) is 5.82 Å². The Labute approximate surface area is 95.8 Å². The van der Waals surface area contributed by atoms with Gasteiger partial charge in [-0.3, -0.25) is 0 Å². The van der Waals surface area contributed by atoms with Gasteiger partial charge < -0.3 is 15.6 Å². The van der Waals surface area contributed by atoms with E-state index in [1.807, 2.05) is 13.8 Å². The van der Waals surface area contributed by atoms with Gasteiger partial charge in [0, 0.05) is 5.92 Å². The Bertz CT molecular complexity index is 363. The highest BCUT2D eigenvalue weighted by molar-refractivity contribution is 5.09. The minimum atomic E-state index is -0.443. The number of hydrogen-bond acceptors (Lipinski definition) is 5. The van der Waals surface area contributed by atoms with E-state index in [1.54, 1.807) is 0 Å². The lowest BCUT2D eigenvalue weighted by atomic mass is 9.80. The summed E-state index contributed by atoms with van der Waals surface area (Å²) in [6, 6.07) is 0. The third-order valence-electron chi connectivity index (χ3n) is 3.40. The maximum absolute atomic E-state index is 6.41. The summed E-state index contributed by atoms with van der Waals surface area (Å²) in [6.45, 7) is 8.00.